The molecule has 0 aromatic carbocycles. The van der Waals surface area contributed by atoms with Gasteiger partial charge in [0.15, 0.2) is 0 Å². The summed E-state index contributed by atoms with van der Waals surface area (Å²) in [5.74, 6) is 3.33. The van der Waals surface area contributed by atoms with Crippen LogP contribution in [0.3, 0.4) is 0 Å². The first kappa shape index (κ1) is 30.0. The van der Waals surface area contributed by atoms with Crippen molar-refractivity contribution in [2.24, 2.45) is 29.6 Å². The summed E-state index contributed by atoms with van der Waals surface area (Å²) in [6.07, 6.45) is 11.9. The number of aliphatic hydroxyl groups is 3. The zero-order valence-electron chi connectivity index (χ0n) is 22.0. The number of hydrogen-bond donors (Lipinski definition) is 4. The number of hydrogen-bond acceptors (Lipinski definition) is 7. The number of amides is 1. The van der Waals surface area contributed by atoms with Crippen LogP contribution in [0.4, 0.5) is 0 Å². The molecule has 4 aliphatic rings. The summed E-state index contributed by atoms with van der Waals surface area (Å²) in [6, 6.07) is 0. The first-order chi connectivity index (χ1) is 16.9. The summed E-state index contributed by atoms with van der Waals surface area (Å²) in [6.45, 7) is 6.56. The van der Waals surface area contributed by atoms with Crippen molar-refractivity contribution in [2.45, 2.75) is 84.2 Å². The van der Waals surface area contributed by atoms with Crippen LogP contribution in [-0.4, -0.2) is 77.5 Å². The molecule has 4 fully saturated rings. The molecule has 2 saturated carbocycles. The van der Waals surface area contributed by atoms with Gasteiger partial charge >= 0.3 is 0 Å². The van der Waals surface area contributed by atoms with Crippen LogP contribution in [-0.2, 0) is 14.4 Å². The molecule has 4 N–H and O–H groups in total. The lowest BCUT2D eigenvalue weighted by Crippen LogP contribution is -2.40. The Morgan fingerprint density at radius 3 is 2.29 bits per heavy atom. The lowest BCUT2D eigenvalue weighted by Gasteiger charge is -2.39. The molecule has 2 aliphatic carbocycles. The van der Waals surface area contributed by atoms with Crippen LogP contribution in [0.2, 0.25) is 0 Å². The molecular formula is C27H49NO7. The number of aliphatic hydroxyl groups excluding tert-OH is 3. The van der Waals surface area contributed by atoms with Gasteiger partial charge in [0.2, 0.25) is 5.91 Å². The molecule has 0 spiro atoms. The smallest absolute Gasteiger partial charge is 0.248 e. The minimum atomic E-state index is -0.405. The van der Waals surface area contributed by atoms with Gasteiger partial charge in [-0.25, -0.2) is 4.89 Å². The fraction of sp³-hybridized carbons (Fsp3) is 0.889. The first-order valence-electron chi connectivity index (χ1n) is 13.6. The van der Waals surface area contributed by atoms with Crippen molar-refractivity contribution in [1.29, 1.82) is 0 Å². The molecule has 35 heavy (non-hydrogen) atoms. The summed E-state index contributed by atoms with van der Waals surface area (Å²) in [4.78, 5) is 16.2. The lowest BCUT2D eigenvalue weighted by molar-refractivity contribution is -0.214. The number of carbonyl (C=O) groups is 1. The molecule has 5 atom stereocenters. The molecular weight excluding hydrogens is 450 g/mol. The highest BCUT2D eigenvalue weighted by Gasteiger charge is 2.37. The number of rotatable bonds is 4. The molecule has 204 valence electrons. The summed E-state index contributed by atoms with van der Waals surface area (Å²) in [5.41, 5.74) is 1.21. The Morgan fingerprint density at radius 1 is 1.09 bits per heavy atom. The predicted octanol–water partition coefficient (Wildman–Crippen LogP) is 4.17. The third-order valence-corrected chi connectivity index (χ3v) is 8.49. The molecule has 0 aromatic rings. The Hall–Kier alpha value is -1.19. The summed E-state index contributed by atoms with van der Waals surface area (Å²) in [5, 5.41) is 35.2. The molecule has 1 amide bonds. The maximum Gasteiger partial charge on any atom is 0.248 e. The molecule has 8 heteroatoms. The Bertz CT molecular complexity index is 641. The fourth-order valence-electron chi connectivity index (χ4n) is 6.06. The predicted molar refractivity (Wildman–Crippen MR) is 135 cm³/mol. The van der Waals surface area contributed by atoms with Crippen molar-refractivity contribution < 1.29 is 35.0 Å². The molecule has 0 radical (unpaired) electrons. The van der Waals surface area contributed by atoms with Crippen molar-refractivity contribution in [2.75, 3.05) is 40.0 Å². The number of likely N-dealkylation sites (tertiary alicyclic amines) is 1. The number of allylic oxidation sites excluding steroid dienone is 2. The second-order valence-corrected chi connectivity index (χ2v) is 10.7. The van der Waals surface area contributed by atoms with Crippen LogP contribution in [0.1, 0.15) is 78.1 Å². The van der Waals surface area contributed by atoms with Gasteiger partial charge in [-0.2, -0.15) is 0 Å². The molecule has 2 heterocycles. The van der Waals surface area contributed by atoms with Crippen molar-refractivity contribution in [3.63, 3.8) is 0 Å². The van der Waals surface area contributed by atoms with E-state index in [9.17, 15) is 15.0 Å². The van der Waals surface area contributed by atoms with Crippen LogP contribution < -0.4 is 0 Å². The number of nitrogens with zero attached hydrogens (tertiary/aromatic N) is 1. The number of fused-ring (bicyclic) bond motifs is 1. The minimum absolute atomic E-state index is 0.200. The normalized spacial score (nSPS) is 29.8. The lowest BCUT2D eigenvalue weighted by atomic mass is 9.67. The van der Waals surface area contributed by atoms with Gasteiger partial charge in [-0.15, -0.1) is 0 Å². The number of piperidine rings is 1. The van der Waals surface area contributed by atoms with Gasteiger partial charge in [-0.05, 0) is 87.5 Å². The Balaban J connectivity index is 0.000000222. The van der Waals surface area contributed by atoms with E-state index in [0.29, 0.717) is 49.3 Å². The topological polar surface area (TPSA) is 120 Å². The van der Waals surface area contributed by atoms with E-state index in [-0.39, 0.29) is 11.8 Å². The average Bonchev–Trinajstić information content (AvgIpc) is 3.04. The van der Waals surface area contributed by atoms with Gasteiger partial charge < -0.3 is 25.0 Å². The second kappa shape index (κ2) is 15.8. The summed E-state index contributed by atoms with van der Waals surface area (Å²) < 4.78 is 5.92. The van der Waals surface area contributed by atoms with E-state index < -0.39 is 6.61 Å². The maximum absolute atomic E-state index is 11.2. The number of carbonyl (C=O) groups excluding carboxylic acids is 1. The van der Waals surface area contributed by atoms with E-state index in [4.69, 9.17) is 15.1 Å². The molecule has 4 rings (SSSR count). The van der Waals surface area contributed by atoms with Gasteiger partial charge in [-0.1, -0.05) is 19.8 Å². The molecule has 2 unspecified atom stereocenters. The molecule has 0 bridgehead atoms. The van der Waals surface area contributed by atoms with E-state index in [1.807, 2.05) is 0 Å². The van der Waals surface area contributed by atoms with Crippen molar-refractivity contribution >= 4 is 5.91 Å². The van der Waals surface area contributed by atoms with Crippen LogP contribution in [0.5, 0.6) is 0 Å². The van der Waals surface area contributed by atoms with Gasteiger partial charge in [0, 0.05) is 25.6 Å². The Labute approximate surface area is 211 Å². The molecule has 0 aromatic heterocycles. The van der Waals surface area contributed by atoms with Crippen LogP contribution in [0.15, 0.2) is 11.3 Å². The second-order valence-electron chi connectivity index (χ2n) is 10.7. The van der Waals surface area contributed by atoms with Gasteiger partial charge in [-0.3, -0.25) is 10.1 Å². The molecule has 8 nitrogen and oxygen atoms in total. The van der Waals surface area contributed by atoms with Crippen molar-refractivity contribution in [3.8, 4) is 0 Å². The Morgan fingerprint density at radius 2 is 1.74 bits per heavy atom. The Kier molecular flexibility index (Phi) is 13.6. The standard InChI is InChI=1S/C14H26O2.C12H19NO3.CH4O2/c1-10(8-15)13-5-3-4-12-7-6-11(2)16-9-14(12)13;14-8-11(15)13-6-4-10(5-7-13)12(16)9-2-1-3-9;1-3-2/h10-15H,3-9H2,1-2H3;10,14,16H,1-8H2;2H,1H3/t10-,11?,12+,13-,14?;;/m0../s1. The maximum atomic E-state index is 11.2. The van der Waals surface area contributed by atoms with Crippen LogP contribution in [0.25, 0.3) is 0 Å². The monoisotopic (exact) mass is 499 g/mol. The van der Waals surface area contributed by atoms with Crippen molar-refractivity contribution in [1.82, 2.24) is 4.90 Å². The van der Waals surface area contributed by atoms with Crippen molar-refractivity contribution in [3.05, 3.63) is 11.3 Å². The fourth-order valence-corrected chi connectivity index (χ4v) is 6.06. The number of ether oxygens (including phenoxy) is 1. The van der Waals surface area contributed by atoms with Gasteiger partial charge in [0.1, 0.15) is 6.61 Å². The third kappa shape index (κ3) is 9.01. The van der Waals surface area contributed by atoms with E-state index in [1.54, 1.807) is 4.90 Å². The van der Waals surface area contributed by atoms with Gasteiger partial charge in [0.05, 0.1) is 25.6 Å². The van der Waals surface area contributed by atoms with Crippen LogP contribution in [0, 0.1) is 29.6 Å². The third-order valence-electron chi connectivity index (χ3n) is 8.49. The highest BCUT2D eigenvalue weighted by Crippen LogP contribution is 2.43. The largest absolute Gasteiger partial charge is 0.512 e. The zero-order valence-corrected chi connectivity index (χ0v) is 22.0. The highest BCUT2D eigenvalue weighted by atomic mass is 17.1. The SMILES string of the molecule is CC1CC[C@H]2CCC[C@@H]([C@@H](C)CO)C2CO1.COO.O=C(CO)N1CCC(C(O)=C2CCC2)CC1. The van der Waals surface area contributed by atoms with Crippen LogP contribution >= 0.6 is 0 Å². The molecule has 2 saturated heterocycles. The summed E-state index contributed by atoms with van der Waals surface area (Å²) in [7, 11) is 1.18. The summed E-state index contributed by atoms with van der Waals surface area (Å²) >= 11 is 0. The minimum Gasteiger partial charge on any atom is -0.512 e. The first-order valence-corrected chi connectivity index (χ1v) is 13.6. The quantitative estimate of drug-likeness (QED) is 0.260. The van der Waals surface area contributed by atoms with E-state index in [0.717, 1.165) is 38.2 Å². The van der Waals surface area contributed by atoms with E-state index in [2.05, 4.69) is 18.7 Å². The zero-order chi connectivity index (χ0) is 25.8. The van der Waals surface area contributed by atoms with E-state index >= 15 is 0 Å². The highest BCUT2D eigenvalue weighted by molar-refractivity contribution is 5.77. The molecule has 2 aliphatic heterocycles. The average molecular weight is 500 g/mol. The van der Waals surface area contributed by atoms with E-state index in [1.165, 1.54) is 51.2 Å². The van der Waals surface area contributed by atoms with Gasteiger partial charge in [0.25, 0.3) is 0 Å².